The van der Waals surface area contributed by atoms with Crippen LogP contribution >= 0.6 is 7.60 Å². The van der Waals surface area contributed by atoms with Crippen LogP contribution < -0.4 is 5.73 Å². The highest BCUT2D eigenvalue weighted by Crippen LogP contribution is 2.39. The fraction of sp³-hybridized carbons (Fsp3) is 0.273. The van der Waals surface area contributed by atoms with Gasteiger partial charge in [-0.2, -0.15) is 0 Å². The quantitative estimate of drug-likeness (QED) is 0.699. The number of rotatable bonds is 4. The third-order valence-corrected chi connectivity index (χ3v) is 2.74. The van der Waals surface area contributed by atoms with Crippen LogP contribution in [0.5, 0.6) is 0 Å². The molecule has 0 aliphatic carbocycles. The summed E-state index contributed by atoms with van der Waals surface area (Å²) in [5, 5.41) is 0. The summed E-state index contributed by atoms with van der Waals surface area (Å²) < 4.78 is 11.0. The second-order valence-electron chi connectivity index (χ2n) is 3.74. The first kappa shape index (κ1) is 13.1. The van der Waals surface area contributed by atoms with Gasteiger partial charge in [0.05, 0.1) is 6.16 Å². The van der Waals surface area contributed by atoms with Crippen molar-refractivity contribution in [2.45, 2.75) is 13.0 Å². The second kappa shape index (κ2) is 5.41. The van der Waals surface area contributed by atoms with E-state index >= 15 is 0 Å². The monoisotopic (exact) mass is 241 g/mol. The average Bonchev–Trinajstić information content (AvgIpc) is 2.15. The maximum atomic E-state index is 11.0. The van der Waals surface area contributed by atoms with Crippen molar-refractivity contribution >= 4 is 13.2 Å². The van der Waals surface area contributed by atoms with Gasteiger partial charge in [-0.25, -0.2) is 0 Å². The predicted molar refractivity (Wildman–Crippen MR) is 65.0 cm³/mol. The summed E-state index contributed by atoms with van der Waals surface area (Å²) in [4.78, 5) is 18.0. The molecule has 0 fully saturated rings. The molecule has 0 aliphatic heterocycles. The SMILES string of the molecule is CC(N)C=C(CP(=O)(O)O)c1ccccc1. The maximum Gasteiger partial charge on any atom is 0.329 e. The number of allylic oxidation sites excluding steroid dienone is 1. The Balaban J connectivity index is 3.03. The zero-order chi connectivity index (χ0) is 12.2. The largest absolute Gasteiger partial charge is 0.329 e. The Labute approximate surface area is 95.0 Å². The normalized spacial score (nSPS) is 14.9. The highest BCUT2D eigenvalue weighted by Gasteiger charge is 2.17. The fourth-order valence-corrected chi connectivity index (χ4v) is 2.16. The summed E-state index contributed by atoms with van der Waals surface area (Å²) in [6.45, 7) is 1.77. The minimum absolute atomic E-state index is 0.234. The van der Waals surface area contributed by atoms with Gasteiger partial charge in [-0.05, 0) is 18.1 Å². The van der Waals surface area contributed by atoms with Crippen molar-refractivity contribution in [3.8, 4) is 0 Å². The molecule has 5 heteroatoms. The molecule has 0 saturated heterocycles. The highest BCUT2D eigenvalue weighted by molar-refractivity contribution is 7.52. The van der Waals surface area contributed by atoms with E-state index in [4.69, 9.17) is 15.5 Å². The molecule has 0 aromatic heterocycles. The summed E-state index contributed by atoms with van der Waals surface area (Å²) in [6, 6.07) is 8.88. The molecule has 0 radical (unpaired) electrons. The molecule has 0 heterocycles. The van der Waals surface area contributed by atoms with E-state index in [2.05, 4.69) is 0 Å². The van der Waals surface area contributed by atoms with E-state index in [1.807, 2.05) is 30.3 Å². The van der Waals surface area contributed by atoms with Crippen molar-refractivity contribution in [1.29, 1.82) is 0 Å². The van der Waals surface area contributed by atoms with Gasteiger partial charge in [0.1, 0.15) is 0 Å². The first-order valence-electron chi connectivity index (χ1n) is 4.95. The van der Waals surface area contributed by atoms with Crippen molar-refractivity contribution in [2.24, 2.45) is 5.73 Å². The smallest absolute Gasteiger partial charge is 0.325 e. The Bertz CT molecular complexity index is 408. The van der Waals surface area contributed by atoms with Crippen molar-refractivity contribution in [1.82, 2.24) is 0 Å². The van der Waals surface area contributed by atoms with Crippen molar-refractivity contribution in [3.63, 3.8) is 0 Å². The Morgan fingerprint density at radius 3 is 2.44 bits per heavy atom. The molecule has 4 N–H and O–H groups in total. The standard InChI is InChI=1S/C11H16NO3P/c1-9(12)7-11(8-16(13,14)15)10-5-3-2-4-6-10/h2-7,9H,8,12H2,1H3,(H2,13,14,15). The van der Waals surface area contributed by atoms with E-state index in [0.29, 0.717) is 5.57 Å². The molecule has 4 nitrogen and oxygen atoms in total. The van der Waals surface area contributed by atoms with Gasteiger partial charge >= 0.3 is 7.60 Å². The Kier molecular flexibility index (Phi) is 4.44. The van der Waals surface area contributed by atoms with Crippen LogP contribution in [0, 0.1) is 0 Å². The summed E-state index contributed by atoms with van der Waals surface area (Å²) in [6.07, 6.45) is 1.40. The van der Waals surface area contributed by atoms with Crippen LogP contribution in [0.1, 0.15) is 12.5 Å². The van der Waals surface area contributed by atoms with E-state index in [-0.39, 0.29) is 12.2 Å². The molecule has 0 bridgehead atoms. The lowest BCUT2D eigenvalue weighted by molar-refractivity contribution is 0.377. The van der Waals surface area contributed by atoms with E-state index in [1.54, 1.807) is 13.0 Å². The number of hydrogen-bond donors (Lipinski definition) is 3. The van der Waals surface area contributed by atoms with Gasteiger partial charge in [-0.15, -0.1) is 0 Å². The van der Waals surface area contributed by atoms with Crippen molar-refractivity contribution in [2.75, 3.05) is 6.16 Å². The molecule has 88 valence electrons. The molecular formula is C11H16NO3P. The van der Waals surface area contributed by atoms with Gasteiger partial charge in [0, 0.05) is 6.04 Å². The topological polar surface area (TPSA) is 83.6 Å². The minimum atomic E-state index is -4.07. The van der Waals surface area contributed by atoms with E-state index in [1.165, 1.54) is 0 Å². The first-order chi connectivity index (χ1) is 7.38. The Hall–Kier alpha value is -0.930. The molecule has 0 amide bonds. The van der Waals surface area contributed by atoms with Crippen LogP contribution in [0.25, 0.3) is 5.57 Å². The number of nitrogens with two attached hydrogens (primary N) is 1. The predicted octanol–water partition coefficient (Wildman–Crippen LogP) is 1.59. The third kappa shape index (κ3) is 4.73. The molecular weight excluding hydrogens is 225 g/mol. The zero-order valence-electron chi connectivity index (χ0n) is 9.08. The second-order valence-corrected chi connectivity index (χ2v) is 5.39. The van der Waals surface area contributed by atoms with Gasteiger partial charge in [-0.3, -0.25) is 4.57 Å². The lowest BCUT2D eigenvalue weighted by Crippen LogP contribution is -2.12. The summed E-state index contributed by atoms with van der Waals surface area (Å²) in [5.41, 5.74) is 7.00. The van der Waals surface area contributed by atoms with Crippen LogP contribution in [0.3, 0.4) is 0 Å². The van der Waals surface area contributed by atoms with E-state index in [0.717, 1.165) is 5.56 Å². The molecule has 0 saturated carbocycles. The van der Waals surface area contributed by atoms with Gasteiger partial charge in [0.2, 0.25) is 0 Å². The Morgan fingerprint density at radius 2 is 2.00 bits per heavy atom. The van der Waals surface area contributed by atoms with Crippen LogP contribution in [0.4, 0.5) is 0 Å². The maximum absolute atomic E-state index is 11.0. The van der Waals surface area contributed by atoms with Crippen LogP contribution in [-0.2, 0) is 4.57 Å². The van der Waals surface area contributed by atoms with E-state index in [9.17, 15) is 4.57 Å². The van der Waals surface area contributed by atoms with Gasteiger partial charge < -0.3 is 15.5 Å². The number of benzene rings is 1. The molecule has 0 spiro atoms. The van der Waals surface area contributed by atoms with Gasteiger partial charge in [0.15, 0.2) is 0 Å². The van der Waals surface area contributed by atoms with Gasteiger partial charge in [0.25, 0.3) is 0 Å². The lowest BCUT2D eigenvalue weighted by atomic mass is 10.1. The number of hydrogen-bond acceptors (Lipinski definition) is 2. The lowest BCUT2D eigenvalue weighted by Gasteiger charge is -2.10. The highest BCUT2D eigenvalue weighted by atomic mass is 31.2. The van der Waals surface area contributed by atoms with Crippen LogP contribution in [0.15, 0.2) is 36.4 Å². The van der Waals surface area contributed by atoms with Crippen LogP contribution in [-0.4, -0.2) is 22.0 Å². The van der Waals surface area contributed by atoms with Crippen molar-refractivity contribution in [3.05, 3.63) is 42.0 Å². The average molecular weight is 241 g/mol. The molecule has 0 aliphatic rings. The summed E-state index contributed by atoms with van der Waals surface area (Å²) >= 11 is 0. The van der Waals surface area contributed by atoms with Crippen LogP contribution in [0.2, 0.25) is 0 Å². The molecule has 1 unspecified atom stereocenters. The summed E-state index contributed by atoms with van der Waals surface area (Å²) in [5.74, 6) is 0. The first-order valence-corrected chi connectivity index (χ1v) is 6.74. The zero-order valence-corrected chi connectivity index (χ0v) is 9.97. The molecule has 1 atom stereocenters. The Morgan fingerprint density at radius 1 is 1.44 bits per heavy atom. The molecule has 1 rings (SSSR count). The van der Waals surface area contributed by atoms with Gasteiger partial charge in [-0.1, -0.05) is 36.4 Å². The minimum Gasteiger partial charge on any atom is -0.325 e. The van der Waals surface area contributed by atoms with Crippen molar-refractivity contribution < 1.29 is 14.4 Å². The van der Waals surface area contributed by atoms with E-state index < -0.39 is 7.60 Å². The molecule has 1 aromatic rings. The summed E-state index contributed by atoms with van der Waals surface area (Å²) in [7, 11) is -4.07. The molecule has 1 aromatic carbocycles. The molecule has 16 heavy (non-hydrogen) atoms. The third-order valence-electron chi connectivity index (χ3n) is 1.98. The fourth-order valence-electron chi connectivity index (χ4n) is 1.43.